The minimum Gasteiger partial charge on any atom is -0.486 e. The van der Waals surface area contributed by atoms with E-state index in [9.17, 15) is 9.59 Å². The molecular weight excluding hydrogens is 450 g/mol. The normalized spacial score (nSPS) is 17.1. The minimum absolute atomic E-state index is 0.0558. The average Bonchev–Trinajstić information content (AvgIpc) is 3.35. The quantitative estimate of drug-likeness (QED) is 0.394. The summed E-state index contributed by atoms with van der Waals surface area (Å²) < 4.78 is 7.90. The van der Waals surface area contributed by atoms with E-state index in [4.69, 9.17) is 4.74 Å². The maximum atomic E-state index is 13.6. The second-order valence-corrected chi connectivity index (χ2v) is 10.7. The molecular formula is C30H37N3O3. The summed E-state index contributed by atoms with van der Waals surface area (Å²) in [7, 11) is 0. The number of fused-ring (bicyclic) bond motifs is 2. The molecule has 1 aliphatic carbocycles. The molecule has 1 aromatic heterocycles. The van der Waals surface area contributed by atoms with Crippen molar-refractivity contribution in [1.82, 2.24) is 14.5 Å². The lowest BCUT2D eigenvalue weighted by Gasteiger charge is -2.36. The number of amides is 1. The van der Waals surface area contributed by atoms with Crippen LogP contribution in [0.25, 0.3) is 10.8 Å². The van der Waals surface area contributed by atoms with E-state index in [0.717, 1.165) is 38.5 Å². The van der Waals surface area contributed by atoms with Crippen molar-refractivity contribution >= 4 is 16.7 Å². The van der Waals surface area contributed by atoms with Crippen molar-refractivity contribution in [2.75, 3.05) is 13.2 Å². The van der Waals surface area contributed by atoms with Crippen LogP contribution in [0.1, 0.15) is 81.2 Å². The lowest BCUT2D eigenvalue weighted by Crippen LogP contribution is -2.47. The average molecular weight is 488 g/mol. The summed E-state index contributed by atoms with van der Waals surface area (Å²) in [6.45, 7) is 7.75. The molecule has 0 saturated heterocycles. The Morgan fingerprint density at radius 1 is 1.03 bits per heavy atom. The van der Waals surface area contributed by atoms with Gasteiger partial charge in [-0.25, -0.2) is 0 Å². The summed E-state index contributed by atoms with van der Waals surface area (Å²) in [5.41, 5.74) is 1.18. The zero-order chi connectivity index (χ0) is 25.3. The summed E-state index contributed by atoms with van der Waals surface area (Å²) in [5, 5.41) is 2.46. The molecule has 0 N–H and O–H groups in total. The molecule has 0 atom stereocenters. The summed E-state index contributed by atoms with van der Waals surface area (Å²) in [6.07, 6.45) is 6.85. The van der Waals surface area contributed by atoms with Gasteiger partial charge in [-0.3, -0.25) is 9.59 Å². The van der Waals surface area contributed by atoms with Crippen LogP contribution in [0.4, 0.5) is 0 Å². The topological polar surface area (TPSA) is 64.4 Å². The highest BCUT2D eigenvalue weighted by atomic mass is 16.5. The van der Waals surface area contributed by atoms with E-state index in [2.05, 4.69) is 54.4 Å². The van der Waals surface area contributed by atoms with E-state index in [-0.39, 0.29) is 23.1 Å². The molecule has 0 unspecified atom stereocenters. The molecule has 2 heterocycles. The van der Waals surface area contributed by atoms with Crippen LogP contribution in [0, 0.1) is 0 Å². The SMILES string of the molecule is CCCCOc1c2n(c(CC3(c4ccc5ccccc5c4)CCCC3)nc1=O)CCN(C(C)C)C2=O. The first kappa shape index (κ1) is 24.5. The van der Waals surface area contributed by atoms with Crippen LogP contribution in [0.3, 0.4) is 0 Å². The molecule has 1 saturated carbocycles. The van der Waals surface area contributed by atoms with Gasteiger partial charge in [-0.15, -0.1) is 0 Å². The van der Waals surface area contributed by atoms with Crippen LogP contribution in [-0.4, -0.2) is 39.6 Å². The van der Waals surface area contributed by atoms with Gasteiger partial charge in [-0.2, -0.15) is 4.98 Å². The maximum absolute atomic E-state index is 13.6. The predicted octanol–water partition coefficient (Wildman–Crippen LogP) is 5.49. The van der Waals surface area contributed by atoms with Crippen molar-refractivity contribution in [1.29, 1.82) is 0 Å². The number of carbonyl (C=O) groups excluding carboxylic acids is 1. The van der Waals surface area contributed by atoms with Crippen LogP contribution in [0.15, 0.2) is 47.3 Å². The van der Waals surface area contributed by atoms with Crippen LogP contribution in [0.2, 0.25) is 0 Å². The lowest BCUT2D eigenvalue weighted by molar-refractivity contribution is 0.0634. The van der Waals surface area contributed by atoms with E-state index in [1.165, 1.54) is 16.3 Å². The molecule has 36 heavy (non-hydrogen) atoms. The number of ether oxygens (including phenoxy) is 1. The predicted molar refractivity (Wildman–Crippen MR) is 143 cm³/mol. The van der Waals surface area contributed by atoms with Gasteiger partial charge in [0, 0.05) is 31.0 Å². The molecule has 5 rings (SSSR count). The van der Waals surface area contributed by atoms with Gasteiger partial charge >= 0.3 is 5.56 Å². The van der Waals surface area contributed by atoms with Crippen molar-refractivity contribution < 1.29 is 9.53 Å². The molecule has 0 bridgehead atoms. The highest BCUT2D eigenvalue weighted by Crippen LogP contribution is 2.44. The molecule has 1 fully saturated rings. The van der Waals surface area contributed by atoms with Gasteiger partial charge in [0.1, 0.15) is 5.82 Å². The van der Waals surface area contributed by atoms with E-state index in [1.54, 1.807) is 0 Å². The molecule has 1 aliphatic heterocycles. The zero-order valence-electron chi connectivity index (χ0n) is 21.8. The molecule has 2 aliphatic rings. The smallest absolute Gasteiger partial charge is 0.316 e. The number of aromatic nitrogens is 2. The fraction of sp³-hybridized carbons (Fsp3) is 0.500. The number of nitrogens with zero attached hydrogens (tertiary/aromatic N) is 3. The maximum Gasteiger partial charge on any atom is 0.316 e. The Bertz CT molecular complexity index is 1320. The Hall–Kier alpha value is -3.15. The van der Waals surface area contributed by atoms with E-state index >= 15 is 0 Å². The molecule has 190 valence electrons. The zero-order valence-corrected chi connectivity index (χ0v) is 21.8. The van der Waals surface area contributed by atoms with Gasteiger partial charge in [-0.05, 0) is 49.4 Å². The van der Waals surface area contributed by atoms with Crippen molar-refractivity contribution in [2.45, 2.75) is 83.7 Å². The van der Waals surface area contributed by atoms with Gasteiger partial charge in [0.2, 0.25) is 5.75 Å². The summed E-state index contributed by atoms with van der Waals surface area (Å²) in [4.78, 5) is 33.3. The van der Waals surface area contributed by atoms with Gasteiger partial charge in [0.15, 0.2) is 5.69 Å². The van der Waals surface area contributed by atoms with Crippen LogP contribution in [-0.2, 0) is 18.4 Å². The Labute approximate surface area is 213 Å². The second-order valence-electron chi connectivity index (χ2n) is 10.7. The summed E-state index contributed by atoms with van der Waals surface area (Å²) in [5.74, 6) is 0.702. The Morgan fingerprint density at radius 3 is 2.50 bits per heavy atom. The largest absolute Gasteiger partial charge is 0.486 e. The van der Waals surface area contributed by atoms with Gasteiger partial charge in [0.25, 0.3) is 5.91 Å². The number of carbonyl (C=O) groups is 1. The number of hydrogen-bond acceptors (Lipinski definition) is 4. The number of benzene rings is 2. The van der Waals surface area contributed by atoms with Crippen LogP contribution >= 0.6 is 0 Å². The van der Waals surface area contributed by atoms with E-state index < -0.39 is 5.56 Å². The third-order valence-electron chi connectivity index (χ3n) is 8.04. The highest BCUT2D eigenvalue weighted by Gasteiger charge is 2.39. The first-order chi connectivity index (χ1) is 17.4. The first-order valence-electron chi connectivity index (χ1n) is 13.5. The fourth-order valence-electron chi connectivity index (χ4n) is 6.00. The minimum atomic E-state index is -0.419. The molecule has 3 aromatic rings. The standard InChI is InChI=1S/C30H37N3O3/c1-4-5-18-36-27-26-29(35)32(21(2)3)16-17-33(26)25(31-28(27)34)20-30(14-8-9-15-30)24-13-12-22-10-6-7-11-23(22)19-24/h6-7,10-13,19,21H,4-5,8-9,14-18,20H2,1-3H3. The fourth-order valence-corrected chi connectivity index (χ4v) is 6.00. The molecule has 2 aromatic carbocycles. The van der Waals surface area contributed by atoms with Crippen molar-refractivity contribution in [3.05, 3.63) is 69.9 Å². The number of rotatable bonds is 8. The molecule has 6 nitrogen and oxygen atoms in total. The third-order valence-corrected chi connectivity index (χ3v) is 8.04. The van der Waals surface area contributed by atoms with Crippen molar-refractivity contribution in [2.24, 2.45) is 0 Å². The van der Waals surface area contributed by atoms with E-state index in [1.807, 2.05) is 23.3 Å². The van der Waals surface area contributed by atoms with Gasteiger partial charge in [0.05, 0.1) is 6.61 Å². The third kappa shape index (κ3) is 4.42. The monoisotopic (exact) mass is 487 g/mol. The Kier molecular flexibility index (Phi) is 6.87. The Balaban J connectivity index is 1.59. The van der Waals surface area contributed by atoms with Gasteiger partial charge in [-0.1, -0.05) is 68.7 Å². The molecule has 1 amide bonds. The summed E-state index contributed by atoms with van der Waals surface area (Å²) >= 11 is 0. The van der Waals surface area contributed by atoms with Crippen molar-refractivity contribution in [3.8, 4) is 5.75 Å². The molecule has 0 spiro atoms. The molecule has 6 heteroatoms. The van der Waals surface area contributed by atoms with Gasteiger partial charge < -0.3 is 14.2 Å². The highest BCUT2D eigenvalue weighted by molar-refractivity contribution is 5.96. The first-order valence-corrected chi connectivity index (χ1v) is 13.5. The number of hydrogen-bond donors (Lipinski definition) is 0. The van der Waals surface area contributed by atoms with E-state index in [0.29, 0.717) is 37.6 Å². The second kappa shape index (κ2) is 10.1. The Morgan fingerprint density at radius 2 is 1.78 bits per heavy atom. The lowest BCUT2D eigenvalue weighted by atomic mass is 9.75. The number of unbranched alkanes of at least 4 members (excludes halogenated alkanes) is 1. The van der Waals surface area contributed by atoms with Crippen LogP contribution in [0.5, 0.6) is 5.75 Å². The molecule has 0 radical (unpaired) electrons. The van der Waals surface area contributed by atoms with Crippen molar-refractivity contribution in [3.63, 3.8) is 0 Å². The van der Waals surface area contributed by atoms with Crippen LogP contribution < -0.4 is 10.3 Å². The summed E-state index contributed by atoms with van der Waals surface area (Å²) in [6, 6.07) is 15.3.